The third kappa shape index (κ3) is 5.04. The smallest absolute Gasteiger partial charge is 0.266 e. The molecule has 0 bridgehead atoms. The maximum atomic E-state index is 12.0. The van der Waals surface area contributed by atoms with Gasteiger partial charge in [0.1, 0.15) is 5.75 Å². The van der Waals surface area contributed by atoms with E-state index in [0.717, 1.165) is 11.3 Å². The monoisotopic (exact) mass is 367 g/mol. The summed E-state index contributed by atoms with van der Waals surface area (Å²) in [7, 11) is 1.62. The van der Waals surface area contributed by atoms with Crippen molar-refractivity contribution in [2.75, 3.05) is 13.7 Å². The van der Waals surface area contributed by atoms with Crippen LogP contribution in [0.15, 0.2) is 59.7 Å². The lowest BCUT2D eigenvalue weighted by atomic mass is 10.1. The molecule has 2 heterocycles. The van der Waals surface area contributed by atoms with Crippen molar-refractivity contribution in [2.24, 2.45) is 0 Å². The number of amides is 1. The molecule has 27 heavy (non-hydrogen) atoms. The van der Waals surface area contributed by atoms with Crippen molar-refractivity contribution in [3.8, 4) is 11.6 Å². The molecule has 0 aliphatic heterocycles. The Hall–Kier alpha value is -3.42. The molecule has 0 unspecified atom stereocenters. The van der Waals surface area contributed by atoms with Crippen LogP contribution in [0.4, 0.5) is 0 Å². The first-order chi connectivity index (χ1) is 13.2. The number of nitrogens with zero attached hydrogens (tertiary/aromatic N) is 4. The Morgan fingerprint density at radius 3 is 2.70 bits per heavy atom. The van der Waals surface area contributed by atoms with Gasteiger partial charge in [0.2, 0.25) is 5.91 Å². The fourth-order valence-electron chi connectivity index (χ4n) is 2.56. The standard InChI is InChI=1S/C19H21N5O3/c1-27-16-6-3-15(4-7-16)5-9-18(25)20-12-14-24-19(26)10-8-17(22-24)23-13-2-11-21-23/h2-4,6-8,10-11,13H,5,9,12,14H2,1H3,(H,20,25). The SMILES string of the molecule is COc1ccc(CCC(=O)NCCn2nc(-n3cccn3)ccc2=O)cc1. The van der Waals surface area contributed by atoms with Crippen molar-refractivity contribution in [3.05, 3.63) is 70.8 Å². The van der Waals surface area contributed by atoms with E-state index in [4.69, 9.17) is 4.74 Å². The minimum Gasteiger partial charge on any atom is -0.497 e. The molecular formula is C19H21N5O3. The number of hydrogen-bond donors (Lipinski definition) is 1. The number of hydrogen-bond acceptors (Lipinski definition) is 5. The molecule has 3 aromatic rings. The van der Waals surface area contributed by atoms with Crippen LogP contribution in [0.2, 0.25) is 0 Å². The molecule has 0 spiro atoms. The molecule has 1 aromatic carbocycles. The van der Waals surface area contributed by atoms with Gasteiger partial charge in [0, 0.05) is 31.4 Å². The van der Waals surface area contributed by atoms with Crippen molar-refractivity contribution in [3.63, 3.8) is 0 Å². The summed E-state index contributed by atoms with van der Waals surface area (Å²) < 4.78 is 8.01. The first-order valence-corrected chi connectivity index (χ1v) is 8.63. The topological polar surface area (TPSA) is 91.0 Å². The second-order valence-electron chi connectivity index (χ2n) is 5.90. The maximum absolute atomic E-state index is 12.0. The molecule has 0 radical (unpaired) electrons. The van der Waals surface area contributed by atoms with Gasteiger partial charge in [0.05, 0.1) is 13.7 Å². The Balaban J connectivity index is 1.48. The first-order valence-electron chi connectivity index (χ1n) is 8.63. The predicted octanol–water partition coefficient (Wildman–Crippen LogP) is 1.19. The maximum Gasteiger partial charge on any atom is 0.266 e. The molecule has 3 rings (SSSR count). The van der Waals surface area contributed by atoms with Crippen molar-refractivity contribution >= 4 is 5.91 Å². The lowest BCUT2D eigenvalue weighted by Gasteiger charge is -2.08. The molecule has 0 atom stereocenters. The molecule has 0 fully saturated rings. The molecule has 1 N–H and O–H groups in total. The fourth-order valence-corrected chi connectivity index (χ4v) is 2.56. The lowest BCUT2D eigenvalue weighted by molar-refractivity contribution is -0.121. The largest absolute Gasteiger partial charge is 0.497 e. The van der Waals surface area contributed by atoms with Crippen LogP contribution in [0.25, 0.3) is 5.82 Å². The average molecular weight is 367 g/mol. The van der Waals surface area contributed by atoms with E-state index in [1.807, 2.05) is 24.3 Å². The summed E-state index contributed by atoms with van der Waals surface area (Å²) in [5.74, 6) is 1.27. The summed E-state index contributed by atoms with van der Waals surface area (Å²) >= 11 is 0. The molecular weight excluding hydrogens is 346 g/mol. The lowest BCUT2D eigenvalue weighted by Crippen LogP contribution is -2.32. The number of nitrogens with one attached hydrogen (secondary N) is 1. The second kappa shape index (κ2) is 8.79. The van der Waals surface area contributed by atoms with Gasteiger partial charge in [-0.3, -0.25) is 9.59 Å². The van der Waals surface area contributed by atoms with Crippen LogP contribution in [0.5, 0.6) is 5.75 Å². The van der Waals surface area contributed by atoms with Crippen LogP contribution in [0.1, 0.15) is 12.0 Å². The van der Waals surface area contributed by atoms with Gasteiger partial charge in [-0.15, -0.1) is 5.10 Å². The van der Waals surface area contributed by atoms with Crippen LogP contribution in [-0.2, 0) is 17.8 Å². The minimum atomic E-state index is -0.224. The zero-order valence-electron chi connectivity index (χ0n) is 15.0. The fraction of sp³-hybridized carbons (Fsp3) is 0.263. The summed E-state index contributed by atoms with van der Waals surface area (Å²) in [4.78, 5) is 23.9. The van der Waals surface area contributed by atoms with Gasteiger partial charge in [-0.2, -0.15) is 5.10 Å². The van der Waals surface area contributed by atoms with E-state index >= 15 is 0 Å². The highest BCUT2D eigenvalue weighted by molar-refractivity contribution is 5.76. The van der Waals surface area contributed by atoms with Crippen LogP contribution < -0.4 is 15.6 Å². The van der Waals surface area contributed by atoms with E-state index in [1.165, 1.54) is 10.7 Å². The molecule has 0 saturated carbocycles. The summed E-state index contributed by atoms with van der Waals surface area (Å²) in [6.07, 6.45) is 4.41. The molecule has 0 aliphatic rings. The summed E-state index contributed by atoms with van der Waals surface area (Å²) in [5, 5.41) is 11.2. The molecule has 140 valence electrons. The molecule has 0 saturated heterocycles. The number of rotatable bonds is 8. The van der Waals surface area contributed by atoms with Crippen LogP contribution in [0, 0.1) is 0 Å². The summed E-state index contributed by atoms with van der Waals surface area (Å²) in [6.45, 7) is 0.624. The number of aryl methyl sites for hydroxylation is 1. The normalized spacial score (nSPS) is 10.6. The number of carbonyl (C=O) groups is 1. The number of ether oxygens (including phenoxy) is 1. The van der Waals surface area contributed by atoms with Crippen molar-refractivity contribution in [1.29, 1.82) is 0 Å². The van der Waals surface area contributed by atoms with Gasteiger partial charge in [-0.1, -0.05) is 12.1 Å². The molecule has 0 aliphatic carbocycles. The quantitative estimate of drug-likeness (QED) is 0.646. The predicted molar refractivity (Wildman–Crippen MR) is 99.9 cm³/mol. The average Bonchev–Trinajstić information content (AvgIpc) is 3.23. The highest BCUT2D eigenvalue weighted by atomic mass is 16.5. The Morgan fingerprint density at radius 2 is 2.00 bits per heavy atom. The van der Waals surface area contributed by atoms with E-state index in [-0.39, 0.29) is 11.5 Å². The summed E-state index contributed by atoms with van der Waals surface area (Å²) in [6, 6.07) is 12.5. The Morgan fingerprint density at radius 1 is 1.19 bits per heavy atom. The zero-order chi connectivity index (χ0) is 19.1. The van der Waals surface area contributed by atoms with Crippen molar-refractivity contribution in [2.45, 2.75) is 19.4 Å². The van der Waals surface area contributed by atoms with Crippen LogP contribution >= 0.6 is 0 Å². The first kappa shape index (κ1) is 18.4. The van der Waals surface area contributed by atoms with E-state index in [9.17, 15) is 9.59 Å². The van der Waals surface area contributed by atoms with Gasteiger partial charge >= 0.3 is 0 Å². The Bertz CT molecular complexity index is 933. The molecule has 8 heteroatoms. The molecule has 1 amide bonds. The van der Waals surface area contributed by atoms with Crippen LogP contribution in [0.3, 0.4) is 0 Å². The zero-order valence-corrected chi connectivity index (χ0v) is 15.0. The van der Waals surface area contributed by atoms with Crippen LogP contribution in [-0.4, -0.2) is 39.1 Å². The van der Waals surface area contributed by atoms with Gasteiger partial charge < -0.3 is 10.1 Å². The van der Waals surface area contributed by atoms with Gasteiger partial charge in [0.15, 0.2) is 5.82 Å². The Kier molecular flexibility index (Phi) is 5.98. The number of aromatic nitrogens is 4. The van der Waals surface area contributed by atoms with Crippen molar-refractivity contribution < 1.29 is 9.53 Å². The van der Waals surface area contributed by atoms with Gasteiger partial charge in [0.25, 0.3) is 5.56 Å². The summed E-state index contributed by atoms with van der Waals surface area (Å²) in [5.41, 5.74) is 0.842. The van der Waals surface area contributed by atoms with Crippen molar-refractivity contribution in [1.82, 2.24) is 24.9 Å². The Labute approximate surface area is 156 Å². The third-order valence-electron chi connectivity index (χ3n) is 4.04. The third-order valence-corrected chi connectivity index (χ3v) is 4.04. The van der Waals surface area contributed by atoms with E-state index in [2.05, 4.69) is 15.5 Å². The number of benzene rings is 1. The highest BCUT2D eigenvalue weighted by Gasteiger charge is 2.05. The van der Waals surface area contributed by atoms with E-state index in [0.29, 0.717) is 31.7 Å². The minimum absolute atomic E-state index is 0.0675. The van der Waals surface area contributed by atoms with E-state index < -0.39 is 0 Å². The highest BCUT2D eigenvalue weighted by Crippen LogP contribution is 2.12. The molecule has 2 aromatic heterocycles. The number of methoxy groups -OCH3 is 1. The number of carbonyl (C=O) groups excluding carboxylic acids is 1. The van der Waals surface area contributed by atoms with E-state index in [1.54, 1.807) is 36.3 Å². The molecule has 8 nitrogen and oxygen atoms in total. The van der Waals surface area contributed by atoms with Gasteiger partial charge in [-0.05, 0) is 36.2 Å². The second-order valence-corrected chi connectivity index (χ2v) is 5.90. The van der Waals surface area contributed by atoms with Gasteiger partial charge in [-0.25, -0.2) is 9.36 Å².